The number of imidazole rings is 1. The number of aryl methyl sites for hydroxylation is 1. The number of benzene rings is 3. The SMILES string of the molecule is CCON=C(C(=O)N[C@@H]1C(=O)N2C(C(=O)O)=C(C=Cc3csc4c[n+](C)cn34)CS[C@H]12)c1csc(NC(c2ccccc2)(c2ccccc2)c2ccccc2)n1. The van der Waals surface area contributed by atoms with E-state index in [2.05, 4.69) is 52.2 Å². The fourth-order valence-corrected chi connectivity index (χ4v) is 9.96. The third-order valence-corrected chi connectivity index (χ3v) is 12.5. The van der Waals surface area contributed by atoms with Gasteiger partial charge in [0.15, 0.2) is 10.8 Å². The van der Waals surface area contributed by atoms with Crippen LogP contribution in [0.25, 0.3) is 10.9 Å². The number of nitrogens with one attached hydrogen (secondary N) is 2. The van der Waals surface area contributed by atoms with E-state index in [1.54, 1.807) is 29.7 Å². The second-order valence-electron chi connectivity index (χ2n) is 13.0. The van der Waals surface area contributed by atoms with Crippen molar-refractivity contribution in [2.45, 2.75) is 23.9 Å². The van der Waals surface area contributed by atoms with Crippen LogP contribution in [0.15, 0.2) is 137 Å². The molecule has 2 aliphatic heterocycles. The predicted octanol–water partition coefficient (Wildman–Crippen LogP) is 5.88. The molecule has 15 heteroatoms. The maximum atomic E-state index is 14.0. The number of hydrogen-bond donors (Lipinski definition) is 3. The lowest BCUT2D eigenvalue weighted by Crippen LogP contribution is -2.71. The van der Waals surface area contributed by atoms with E-state index in [1.807, 2.05) is 94.6 Å². The van der Waals surface area contributed by atoms with Crippen molar-refractivity contribution >= 4 is 74.0 Å². The van der Waals surface area contributed by atoms with Crippen molar-refractivity contribution in [3.05, 3.63) is 160 Å². The highest BCUT2D eigenvalue weighted by atomic mass is 32.2. The smallest absolute Gasteiger partial charge is 0.352 e. The van der Waals surface area contributed by atoms with Crippen LogP contribution in [0, 0.1) is 0 Å². The highest BCUT2D eigenvalue weighted by molar-refractivity contribution is 8.00. The zero-order valence-corrected chi connectivity index (χ0v) is 32.7. The normalized spacial score (nSPS) is 17.2. The minimum absolute atomic E-state index is 0.0952. The third kappa shape index (κ3) is 6.78. The zero-order valence-electron chi connectivity index (χ0n) is 30.2. The Kier molecular flexibility index (Phi) is 10.3. The number of carbonyl (C=O) groups excluding carboxylic acids is 2. The van der Waals surface area contributed by atoms with Crippen molar-refractivity contribution in [3.8, 4) is 0 Å². The van der Waals surface area contributed by atoms with Crippen LogP contribution in [0.5, 0.6) is 0 Å². The molecule has 8 rings (SSSR count). The van der Waals surface area contributed by atoms with E-state index < -0.39 is 34.7 Å². The number of carboxylic acids is 1. The number of thiazole rings is 2. The molecule has 56 heavy (non-hydrogen) atoms. The van der Waals surface area contributed by atoms with Crippen LogP contribution < -0.4 is 15.2 Å². The monoisotopic (exact) mass is 802 g/mol. The Balaban J connectivity index is 1.05. The van der Waals surface area contributed by atoms with Gasteiger partial charge in [-0.25, -0.2) is 14.3 Å². The summed E-state index contributed by atoms with van der Waals surface area (Å²) in [6, 6.07) is 29.3. The van der Waals surface area contributed by atoms with Gasteiger partial charge in [0, 0.05) is 16.5 Å². The van der Waals surface area contributed by atoms with Crippen LogP contribution in [0.2, 0.25) is 0 Å². The molecule has 0 bridgehead atoms. The van der Waals surface area contributed by atoms with Crippen molar-refractivity contribution in [1.29, 1.82) is 0 Å². The van der Waals surface area contributed by atoms with Gasteiger partial charge in [-0.1, -0.05) is 114 Å². The lowest BCUT2D eigenvalue weighted by atomic mass is 9.77. The summed E-state index contributed by atoms with van der Waals surface area (Å²) in [4.78, 5) is 52.6. The number of β-lactam (4-membered cyclic amide) rings is 1. The maximum Gasteiger partial charge on any atom is 0.352 e. The minimum Gasteiger partial charge on any atom is -0.477 e. The molecule has 1 fully saturated rings. The van der Waals surface area contributed by atoms with Gasteiger partial charge in [-0.3, -0.25) is 14.5 Å². The molecule has 0 unspecified atom stereocenters. The summed E-state index contributed by atoms with van der Waals surface area (Å²) in [5.74, 6) is -2.07. The van der Waals surface area contributed by atoms with Crippen molar-refractivity contribution < 1.29 is 28.9 Å². The van der Waals surface area contributed by atoms with Gasteiger partial charge in [0.2, 0.25) is 11.2 Å². The molecule has 0 radical (unpaired) electrons. The molecular weight excluding hydrogens is 767 g/mol. The fourth-order valence-electron chi connectivity index (χ4n) is 6.97. The molecule has 1 saturated heterocycles. The topological polar surface area (TPSA) is 142 Å². The van der Waals surface area contributed by atoms with Crippen molar-refractivity contribution in [3.63, 3.8) is 0 Å². The number of amides is 2. The number of hydrogen-bond acceptors (Lipinski definition) is 10. The van der Waals surface area contributed by atoms with Crippen molar-refractivity contribution in [2.24, 2.45) is 12.2 Å². The van der Waals surface area contributed by atoms with Gasteiger partial charge in [0.25, 0.3) is 11.8 Å². The van der Waals surface area contributed by atoms with Crippen LogP contribution in [0.3, 0.4) is 0 Å². The van der Waals surface area contributed by atoms with Crippen LogP contribution in [-0.2, 0) is 31.8 Å². The molecule has 0 saturated carbocycles. The van der Waals surface area contributed by atoms with E-state index >= 15 is 0 Å². The average Bonchev–Trinajstić information content (AvgIpc) is 3.95. The number of carboxylic acid groups (broad SMARTS) is 1. The van der Waals surface area contributed by atoms with Crippen LogP contribution >= 0.6 is 34.4 Å². The number of oxime groups is 1. The predicted molar refractivity (Wildman–Crippen MR) is 218 cm³/mol. The number of nitrogens with zero attached hydrogens (tertiary/aromatic N) is 5. The molecular formula is C41H36N7O5S3+. The van der Waals surface area contributed by atoms with E-state index in [4.69, 9.17) is 9.82 Å². The summed E-state index contributed by atoms with van der Waals surface area (Å²) in [5.41, 5.74) is 3.56. The standard InChI is InChI=1S/C41H35N7O5S3/c1-3-53-45-33(31-24-56-40(42-31)44-41(27-13-7-4-8-14-27,28-15-9-5-10-16-28)29-17-11-6-12-18-29)36(49)43-34-37(50)48-35(39(51)52)26(22-55-38(34)48)19-20-30-23-54-32-21-46(2)25-47(30)32/h4-21,23-25,34,38H,3,22H2,1-2H3,(H2-,42,43,44,49,51,52)/p+1/t34-,38-/m1/s1. The molecule has 2 atom stereocenters. The lowest BCUT2D eigenvalue weighted by molar-refractivity contribution is -0.669. The summed E-state index contributed by atoms with van der Waals surface area (Å²) < 4.78 is 3.96. The first-order valence-corrected chi connectivity index (χ1v) is 20.5. The van der Waals surface area contributed by atoms with Gasteiger partial charge in [-0.2, -0.15) is 4.40 Å². The van der Waals surface area contributed by atoms with E-state index in [1.165, 1.54) is 28.0 Å². The highest BCUT2D eigenvalue weighted by Gasteiger charge is 2.54. The van der Waals surface area contributed by atoms with Gasteiger partial charge < -0.3 is 20.6 Å². The number of fused-ring (bicyclic) bond motifs is 2. The van der Waals surface area contributed by atoms with E-state index in [-0.39, 0.29) is 23.7 Å². The summed E-state index contributed by atoms with van der Waals surface area (Å²) in [7, 11) is 1.94. The summed E-state index contributed by atoms with van der Waals surface area (Å²) >= 11 is 4.27. The van der Waals surface area contributed by atoms with Crippen LogP contribution in [-0.4, -0.2) is 66.7 Å². The first-order chi connectivity index (χ1) is 27.3. The Morgan fingerprint density at radius 1 is 0.982 bits per heavy atom. The van der Waals surface area contributed by atoms with Gasteiger partial charge in [0.05, 0.1) is 7.05 Å². The summed E-state index contributed by atoms with van der Waals surface area (Å²) in [5, 5.41) is 24.5. The molecule has 12 nitrogen and oxygen atoms in total. The van der Waals surface area contributed by atoms with E-state index in [0.717, 1.165) is 27.2 Å². The molecule has 2 amide bonds. The Morgan fingerprint density at radius 2 is 1.62 bits per heavy atom. The van der Waals surface area contributed by atoms with Gasteiger partial charge in [-0.05, 0) is 35.3 Å². The molecule has 3 N–H and O–H groups in total. The number of rotatable bonds is 13. The molecule has 282 valence electrons. The fraction of sp³-hybridized carbons (Fsp3) is 0.171. The third-order valence-electron chi connectivity index (χ3n) is 9.53. The number of aromatic nitrogens is 3. The largest absolute Gasteiger partial charge is 0.477 e. The molecule has 3 aromatic heterocycles. The molecule has 2 aliphatic rings. The first-order valence-electron chi connectivity index (χ1n) is 17.7. The molecule has 3 aromatic carbocycles. The number of carbonyl (C=O) groups is 3. The molecule has 5 heterocycles. The Bertz CT molecular complexity index is 2410. The molecule has 0 spiro atoms. The zero-order chi connectivity index (χ0) is 38.8. The minimum atomic E-state index is -1.21. The van der Waals surface area contributed by atoms with Gasteiger partial charge in [0.1, 0.15) is 46.8 Å². The summed E-state index contributed by atoms with van der Waals surface area (Å²) in [6.07, 6.45) is 7.54. The molecule has 6 aromatic rings. The molecule has 0 aliphatic carbocycles. The van der Waals surface area contributed by atoms with E-state index in [9.17, 15) is 19.5 Å². The highest BCUT2D eigenvalue weighted by Crippen LogP contribution is 2.42. The maximum absolute atomic E-state index is 14.0. The Morgan fingerprint density at radius 3 is 2.23 bits per heavy atom. The summed E-state index contributed by atoms with van der Waals surface area (Å²) in [6.45, 7) is 1.95. The van der Waals surface area contributed by atoms with Gasteiger partial charge >= 0.3 is 5.97 Å². The van der Waals surface area contributed by atoms with Crippen LogP contribution in [0.1, 0.15) is 35.0 Å². The number of anilines is 1. The van der Waals surface area contributed by atoms with Gasteiger partial charge in [-0.15, -0.1) is 23.1 Å². The Labute approximate surface area is 334 Å². The lowest BCUT2D eigenvalue weighted by Gasteiger charge is -2.49. The average molecular weight is 803 g/mol. The van der Waals surface area contributed by atoms with Crippen LogP contribution in [0.4, 0.5) is 5.13 Å². The quantitative estimate of drug-likeness (QED) is 0.0433. The number of aliphatic carboxylic acids is 1. The van der Waals surface area contributed by atoms with Crippen molar-refractivity contribution in [2.75, 3.05) is 17.7 Å². The first kappa shape index (κ1) is 36.9. The number of allylic oxidation sites excluding steroid dienone is 1. The Hall–Kier alpha value is -6.03. The second-order valence-corrected chi connectivity index (χ2v) is 15.9. The van der Waals surface area contributed by atoms with Crippen molar-refractivity contribution in [1.82, 2.24) is 19.6 Å². The van der Waals surface area contributed by atoms with E-state index in [0.29, 0.717) is 16.5 Å². The number of thioether (sulfide) groups is 1. The second kappa shape index (κ2) is 15.6.